The molecule has 2 N–H and O–H groups in total. The molecule has 1 aromatic heterocycles. The van der Waals surface area contributed by atoms with Crippen molar-refractivity contribution in [1.82, 2.24) is 9.55 Å². The van der Waals surface area contributed by atoms with E-state index in [1.165, 1.54) is 0 Å². The monoisotopic (exact) mass is 276 g/mol. The zero-order valence-electron chi connectivity index (χ0n) is 10.8. The first-order chi connectivity index (χ1) is 9.65. The van der Waals surface area contributed by atoms with Gasteiger partial charge >= 0.3 is 5.97 Å². The molecule has 0 saturated carbocycles. The van der Waals surface area contributed by atoms with E-state index in [9.17, 15) is 9.90 Å². The number of carboxylic acids is 1. The second-order valence-electron chi connectivity index (χ2n) is 4.40. The van der Waals surface area contributed by atoms with Crippen LogP contribution in [0.3, 0.4) is 0 Å². The molecular weight excluding hydrogens is 260 g/mol. The van der Waals surface area contributed by atoms with Gasteiger partial charge in [-0.2, -0.15) is 0 Å². The SMILES string of the molecule is O=C(O)[C@@H](O)Cc1cn(COCc2ccccc2)cn1. The van der Waals surface area contributed by atoms with Gasteiger partial charge in [-0.3, -0.25) is 0 Å². The number of nitrogens with zero attached hydrogens (tertiary/aromatic N) is 2. The Balaban J connectivity index is 1.79. The van der Waals surface area contributed by atoms with Crippen molar-refractivity contribution in [3.05, 3.63) is 54.1 Å². The Morgan fingerprint density at radius 1 is 1.35 bits per heavy atom. The van der Waals surface area contributed by atoms with Crippen molar-refractivity contribution in [3.63, 3.8) is 0 Å². The highest BCUT2D eigenvalue weighted by Crippen LogP contribution is 2.04. The molecule has 2 rings (SSSR count). The minimum Gasteiger partial charge on any atom is -0.479 e. The molecule has 20 heavy (non-hydrogen) atoms. The summed E-state index contributed by atoms with van der Waals surface area (Å²) in [7, 11) is 0. The smallest absolute Gasteiger partial charge is 0.332 e. The fourth-order valence-corrected chi connectivity index (χ4v) is 1.71. The molecular formula is C14H16N2O4. The van der Waals surface area contributed by atoms with E-state index in [1.54, 1.807) is 17.1 Å². The van der Waals surface area contributed by atoms with Crippen molar-refractivity contribution in [2.24, 2.45) is 0 Å². The molecule has 1 aromatic carbocycles. The molecule has 0 spiro atoms. The lowest BCUT2D eigenvalue weighted by Gasteiger charge is -2.05. The zero-order valence-corrected chi connectivity index (χ0v) is 10.8. The van der Waals surface area contributed by atoms with Crippen LogP contribution in [0.1, 0.15) is 11.3 Å². The summed E-state index contributed by atoms with van der Waals surface area (Å²) in [5, 5.41) is 17.8. The summed E-state index contributed by atoms with van der Waals surface area (Å²) in [5.41, 5.74) is 1.59. The van der Waals surface area contributed by atoms with E-state index in [-0.39, 0.29) is 6.42 Å². The van der Waals surface area contributed by atoms with E-state index in [4.69, 9.17) is 9.84 Å². The summed E-state index contributed by atoms with van der Waals surface area (Å²) in [6.07, 6.45) is 1.77. The minimum atomic E-state index is -1.43. The number of carbonyl (C=O) groups is 1. The Labute approximate surface area is 116 Å². The van der Waals surface area contributed by atoms with Gasteiger partial charge in [-0.05, 0) is 5.56 Å². The Morgan fingerprint density at radius 3 is 2.80 bits per heavy atom. The summed E-state index contributed by atoms with van der Waals surface area (Å²) >= 11 is 0. The Kier molecular flexibility index (Phi) is 4.86. The number of aliphatic carboxylic acids is 1. The van der Waals surface area contributed by atoms with E-state index in [0.29, 0.717) is 19.0 Å². The molecule has 0 saturated heterocycles. The molecule has 0 aliphatic heterocycles. The lowest BCUT2D eigenvalue weighted by atomic mass is 10.2. The molecule has 1 heterocycles. The number of benzene rings is 1. The van der Waals surface area contributed by atoms with Gasteiger partial charge in [-0.1, -0.05) is 30.3 Å². The second-order valence-corrected chi connectivity index (χ2v) is 4.40. The van der Waals surface area contributed by atoms with Crippen LogP contribution in [-0.2, 0) is 29.3 Å². The zero-order chi connectivity index (χ0) is 14.4. The van der Waals surface area contributed by atoms with Crippen LogP contribution < -0.4 is 0 Å². The molecule has 0 unspecified atom stereocenters. The Bertz CT molecular complexity index is 553. The maximum atomic E-state index is 10.5. The number of aromatic nitrogens is 2. The van der Waals surface area contributed by atoms with Crippen molar-refractivity contribution in [2.75, 3.05) is 0 Å². The number of hydrogen-bond donors (Lipinski definition) is 2. The van der Waals surface area contributed by atoms with Gasteiger partial charge in [-0.25, -0.2) is 9.78 Å². The molecule has 0 fully saturated rings. The average Bonchev–Trinajstić information content (AvgIpc) is 2.87. The van der Waals surface area contributed by atoms with Gasteiger partial charge in [0.05, 0.1) is 18.6 Å². The number of imidazole rings is 1. The number of hydrogen-bond acceptors (Lipinski definition) is 4. The third-order valence-corrected chi connectivity index (χ3v) is 2.73. The predicted molar refractivity (Wildman–Crippen MR) is 70.8 cm³/mol. The molecule has 0 amide bonds. The van der Waals surface area contributed by atoms with Crippen molar-refractivity contribution in [2.45, 2.75) is 25.9 Å². The van der Waals surface area contributed by atoms with E-state index >= 15 is 0 Å². The second kappa shape index (κ2) is 6.83. The summed E-state index contributed by atoms with van der Waals surface area (Å²) in [5.74, 6) is -1.25. The standard InChI is InChI=1S/C14H16N2O4/c17-13(14(18)19)6-12-7-16(9-15-12)10-20-8-11-4-2-1-3-5-11/h1-5,7,9,13,17H,6,8,10H2,(H,18,19)/t13-/m0/s1. The molecule has 0 aliphatic rings. The van der Waals surface area contributed by atoms with Crippen LogP contribution in [0.2, 0.25) is 0 Å². The van der Waals surface area contributed by atoms with Crippen LogP contribution in [-0.4, -0.2) is 31.8 Å². The van der Waals surface area contributed by atoms with Gasteiger partial charge in [0.25, 0.3) is 0 Å². The highest BCUT2D eigenvalue weighted by atomic mass is 16.5. The lowest BCUT2D eigenvalue weighted by molar-refractivity contribution is -0.146. The molecule has 0 radical (unpaired) electrons. The number of ether oxygens (including phenoxy) is 1. The van der Waals surface area contributed by atoms with Gasteiger partial charge in [0.2, 0.25) is 0 Å². The van der Waals surface area contributed by atoms with Gasteiger partial charge in [0.1, 0.15) is 6.73 Å². The molecule has 6 nitrogen and oxygen atoms in total. The van der Waals surface area contributed by atoms with Gasteiger partial charge in [0, 0.05) is 12.6 Å². The topological polar surface area (TPSA) is 84.6 Å². The summed E-state index contributed by atoms with van der Waals surface area (Å²) in [6, 6.07) is 9.78. The normalized spacial score (nSPS) is 12.2. The van der Waals surface area contributed by atoms with Gasteiger partial charge in [-0.15, -0.1) is 0 Å². The maximum absolute atomic E-state index is 10.5. The van der Waals surface area contributed by atoms with Crippen LogP contribution in [0, 0.1) is 0 Å². The molecule has 0 bridgehead atoms. The fraction of sp³-hybridized carbons (Fsp3) is 0.286. The van der Waals surface area contributed by atoms with Gasteiger partial charge in [0.15, 0.2) is 6.10 Å². The molecule has 106 valence electrons. The molecule has 6 heteroatoms. The number of aliphatic hydroxyl groups excluding tert-OH is 1. The fourth-order valence-electron chi connectivity index (χ4n) is 1.71. The average molecular weight is 276 g/mol. The summed E-state index contributed by atoms with van der Waals surface area (Å²) in [4.78, 5) is 14.6. The first-order valence-electron chi connectivity index (χ1n) is 6.18. The maximum Gasteiger partial charge on any atom is 0.332 e. The minimum absolute atomic E-state index is 0.0129. The van der Waals surface area contributed by atoms with E-state index in [0.717, 1.165) is 5.56 Å². The number of rotatable bonds is 7. The van der Waals surface area contributed by atoms with E-state index in [2.05, 4.69) is 4.98 Å². The van der Waals surface area contributed by atoms with Crippen LogP contribution in [0.25, 0.3) is 0 Å². The van der Waals surface area contributed by atoms with Crippen molar-refractivity contribution < 1.29 is 19.7 Å². The Hall–Kier alpha value is -2.18. The molecule has 2 aromatic rings. The highest BCUT2D eigenvalue weighted by molar-refractivity contribution is 5.72. The lowest BCUT2D eigenvalue weighted by Crippen LogP contribution is -2.22. The number of carboxylic acid groups (broad SMARTS) is 1. The van der Waals surface area contributed by atoms with E-state index < -0.39 is 12.1 Å². The highest BCUT2D eigenvalue weighted by Gasteiger charge is 2.15. The predicted octanol–water partition coefficient (Wildman–Crippen LogP) is 1.05. The first-order valence-corrected chi connectivity index (χ1v) is 6.18. The first kappa shape index (κ1) is 14.2. The third kappa shape index (κ3) is 4.18. The quantitative estimate of drug-likeness (QED) is 0.789. The Morgan fingerprint density at radius 2 is 2.10 bits per heavy atom. The van der Waals surface area contributed by atoms with Gasteiger partial charge < -0.3 is 19.5 Å². The van der Waals surface area contributed by atoms with Crippen molar-refractivity contribution in [3.8, 4) is 0 Å². The summed E-state index contributed by atoms with van der Waals surface area (Å²) in [6.45, 7) is 0.817. The molecule has 1 atom stereocenters. The summed E-state index contributed by atoms with van der Waals surface area (Å²) < 4.78 is 7.22. The third-order valence-electron chi connectivity index (χ3n) is 2.73. The van der Waals surface area contributed by atoms with Crippen LogP contribution in [0.15, 0.2) is 42.9 Å². The number of aliphatic hydroxyl groups is 1. The van der Waals surface area contributed by atoms with Crippen molar-refractivity contribution in [1.29, 1.82) is 0 Å². The largest absolute Gasteiger partial charge is 0.479 e. The van der Waals surface area contributed by atoms with Crippen LogP contribution in [0.4, 0.5) is 0 Å². The van der Waals surface area contributed by atoms with Crippen molar-refractivity contribution >= 4 is 5.97 Å². The van der Waals surface area contributed by atoms with Crippen LogP contribution >= 0.6 is 0 Å². The van der Waals surface area contributed by atoms with Crippen LogP contribution in [0.5, 0.6) is 0 Å². The molecule has 0 aliphatic carbocycles. The van der Waals surface area contributed by atoms with E-state index in [1.807, 2.05) is 30.3 Å².